The zero-order chi connectivity index (χ0) is 60.3. The molecule has 2 saturated heterocycles. The Balaban J connectivity index is 0.000000309. The van der Waals surface area contributed by atoms with Gasteiger partial charge in [0.1, 0.15) is 40.5 Å². The van der Waals surface area contributed by atoms with Crippen molar-refractivity contribution < 1.29 is 76.1 Å². The van der Waals surface area contributed by atoms with Crippen molar-refractivity contribution in [3.8, 4) is 35.1 Å². The van der Waals surface area contributed by atoms with Crippen molar-refractivity contribution in [2.75, 3.05) is 52.9 Å². The second kappa shape index (κ2) is 37.7. The molecule has 0 saturated carbocycles. The monoisotopic (exact) mass is 1150 g/mol. The van der Waals surface area contributed by atoms with E-state index in [0.29, 0.717) is 99.5 Å². The predicted octanol–water partition coefficient (Wildman–Crippen LogP) is 11.8. The smallest absolute Gasteiger partial charge is 0.343 e. The number of hydrogen-bond acceptors (Lipinski definition) is 18. The molecule has 0 bridgehead atoms. The molecular formula is C66H78N2O16. The summed E-state index contributed by atoms with van der Waals surface area (Å²) in [4.78, 5) is 70.8. The van der Waals surface area contributed by atoms with Gasteiger partial charge in [-0.1, -0.05) is 75.9 Å². The maximum atomic E-state index is 12.8. The molecule has 18 nitrogen and oxygen atoms in total. The van der Waals surface area contributed by atoms with Crippen LogP contribution in [0.1, 0.15) is 160 Å². The largest absolute Gasteiger partial charge is 0.494 e. The van der Waals surface area contributed by atoms with Crippen molar-refractivity contribution in [3.63, 3.8) is 0 Å². The summed E-state index contributed by atoms with van der Waals surface area (Å²) >= 11 is 0. The third-order valence-corrected chi connectivity index (χ3v) is 13.1. The zero-order valence-electron chi connectivity index (χ0n) is 48.5. The maximum Gasteiger partial charge on any atom is 0.343 e. The minimum Gasteiger partial charge on any atom is -0.494 e. The molecule has 0 aliphatic carbocycles. The van der Waals surface area contributed by atoms with Gasteiger partial charge in [-0.05, 0) is 163 Å². The third kappa shape index (κ3) is 25.9. The average Bonchev–Trinajstić information content (AvgIpc) is 4.54. The number of rotatable bonds is 38. The number of aryl methyl sites for hydroxylation is 2. The Labute approximate surface area is 492 Å². The topological polar surface area (TPSA) is 249 Å². The first-order valence-corrected chi connectivity index (χ1v) is 28.9. The average molecular weight is 1160 g/mol. The van der Waals surface area contributed by atoms with Gasteiger partial charge in [0.15, 0.2) is 18.0 Å². The van der Waals surface area contributed by atoms with Crippen LogP contribution in [0.3, 0.4) is 0 Å². The van der Waals surface area contributed by atoms with E-state index >= 15 is 0 Å². The summed E-state index contributed by atoms with van der Waals surface area (Å²) in [6.45, 7) is 13.7. The SMILES string of the molecule is C=C(C)C(=O)OCCCCCCCc1ccc(C(=O)Oc2ccc(OCCCCCOC(=O)C(=C)C)cc2)cc1.N#Cc1c(OCCCCCOC(=O)C2CO2)ccc(OC(=O)c2ccc(CCCCCCCOC(=O)C3CO3)cc2)c1C#N. The van der Waals surface area contributed by atoms with E-state index in [4.69, 9.17) is 47.4 Å². The van der Waals surface area contributed by atoms with E-state index < -0.39 is 18.0 Å². The Kier molecular flexibility index (Phi) is 29.8. The highest BCUT2D eigenvalue weighted by Gasteiger charge is 2.33. The molecule has 0 radical (unpaired) electrons. The van der Waals surface area contributed by atoms with Gasteiger partial charge in [0, 0.05) is 11.1 Å². The number of ether oxygens (including phenoxy) is 10. The molecule has 2 fully saturated rings. The molecule has 2 aliphatic rings. The van der Waals surface area contributed by atoms with Crippen LogP contribution >= 0.6 is 0 Å². The van der Waals surface area contributed by atoms with Crippen LogP contribution in [0.15, 0.2) is 109 Å². The molecule has 0 N–H and O–H groups in total. The second-order valence-corrected chi connectivity index (χ2v) is 20.3. The van der Waals surface area contributed by atoms with Gasteiger partial charge in [0.05, 0.1) is 64.0 Å². The molecule has 4 aromatic rings. The van der Waals surface area contributed by atoms with Crippen LogP contribution in [0.5, 0.6) is 23.0 Å². The fourth-order valence-corrected chi connectivity index (χ4v) is 8.07. The lowest BCUT2D eigenvalue weighted by molar-refractivity contribution is -0.146. The molecule has 0 spiro atoms. The molecular weight excluding hydrogens is 1080 g/mol. The lowest BCUT2D eigenvalue weighted by Crippen LogP contribution is -2.12. The van der Waals surface area contributed by atoms with Gasteiger partial charge >= 0.3 is 35.8 Å². The summed E-state index contributed by atoms with van der Waals surface area (Å²) < 4.78 is 52.6. The Morgan fingerprint density at radius 3 is 1.24 bits per heavy atom. The van der Waals surface area contributed by atoms with Crippen molar-refractivity contribution in [1.29, 1.82) is 10.5 Å². The van der Waals surface area contributed by atoms with Gasteiger partial charge in [-0.2, -0.15) is 10.5 Å². The maximum absolute atomic E-state index is 12.8. The number of nitriles is 2. The van der Waals surface area contributed by atoms with E-state index in [2.05, 4.69) is 13.2 Å². The van der Waals surface area contributed by atoms with E-state index in [1.807, 2.05) is 36.4 Å². The normalized spacial score (nSPS) is 13.5. The number of hydrogen-bond donors (Lipinski definition) is 0. The molecule has 6 rings (SSSR count). The minimum atomic E-state index is -0.631. The van der Waals surface area contributed by atoms with Gasteiger partial charge in [-0.3, -0.25) is 0 Å². The molecule has 2 unspecified atom stereocenters. The number of carbonyl (C=O) groups is 6. The standard InChI is InChI=1S/C33H36N2O9.C33H42O7/c34-19-25-26(20-35)28(15-14-27(25)39-16-7-4-8-18-41-33(38)30-22-43-30)44-31(36)24-12-10-23(11-13-24)9-5-2-1-3-6-17-40-32(37)29-21-42-29;1-25(2)31(34)38-23-10-7-5-6-9-13-27-14-16-28(17-15-27)33(36)40-30-20-18-29(19-21-30)37-22-11-8-12-24-39-32(35)26(3)4/h10-15,29-30H,1-9,16-18,21-22H2;14-21H,1,3,5-13,22-24H2,2,4H3. The number of carbonyl (C=O) groups excluding carboxylic acids is 6. The van der Waals surface area contributed by atoms with Crippen molar-refractivity contribution in [3.05, 3.63) is 143 Å². The summed E-state index contributed by atoms with van der Waals surface area (Å²) in [7, 11) is 0. The van der Waals surface area contributed by atoms with Crippen LogP contribution in [0.4, 0.5) is 0 Å². The number of esters is 6. The van der Waals surface area contributed by atoms with Crippen molar-refractivity contribution in [2.45, 2.75) is 142 Å². The predicted molar refractivity (Wildman–Crippen MR) is 310 cm³/mol. The fraction of sp³-hybridized carbons (Fsp3) is 0.455. The number of nitrogens with zero attached hydrogens (tertiary/aromatic N) is 2. The van der Waals surface area contributed by atoms with Gasteiger partial charge in [-0.25, -0.2) is 28.8 Å². The molecule has 0 amide bonds. The van der Waals surface area contributed by atoms with Crippen LogP contribution in [-0.4, -0.2) is 101 Å². The quantitative estimate of drug-likeness (QED) is 0.0101. The van der Waals surface area contributed by atoms with Crippen LogP contribution in [0.25, 0.3) is 0 Å². The molecule has 0 aromatic heterocycles. The van der Waals surface area contributed by atoms with E-state index in [9.17, 15) is 39.3 Å². The molecule has 84 heavy (non-hydrogen) atoms. The molecule has 18 heteroatoms. The van der Waals surface area contributed by atoms with Crippen LogP contribution in [0.2, 0.25) is 0 Å². The first-order valence-electron chi connectivity index (χ1n) is 28.9. The van der Waals surface area contributed by atoms with Crippen molar-refractivity contribution >= 4 is 35.8 Å². The zero-order valence-corrected chi connectivity index (χ0v) is 48.5. The highest BCUT2D eigenvalue weighted by Crippen LogP contribution is 2.31. The first-order chi connectivity index (χ1) is 40.8. The van der Waals surface area contributed by atoms with E-state index in [-0.39, 0.29) is 52.6 Å². The van der Waals surface area contributed by atoms with Crippen LogP contribution < -0.4 is 18.9 Å². The Hall–Kier alpha value is -8.32. The summed E-state index contributed by atoms with van der Waals surface area (Å²) in [5.74, 6) is -0.937. The van der Waals surface area contributed by atoms with E-state index in [1.54, 1.807) is 62.4 Å². The summed E-state index contributed by atoms with van der Waals surface area (Å²) in [5.41, 5.74) is 3.88. The Morgan fingerprint density at radius 2 is 0.798 bits per heavy atom. The van der Waals surface area contributed by atoms with E-state index in [0.717, 1.165) is 108 Å². The minimum absolute atomic E-state index is 0.000356. The van der Waals surface area contributed by atoms with Gasteiger partial charge < -0.3 is 47.4 Å². The Bertz CT molecular complexity index is 2860. The van der Waals surface area contributed by atoms with Gasteiger partial charge in [0.2, 0.25) is 0 Å². The van der Waals surface area contributed by atoms with Crippen molar-refractivity contribution in [1.82, 2.24) is 0 Å². The number of unbranched alkanes of at least 4 members (excludes halogenated alkanes) is 12. The number of epoxide rings is 2. The van der Waals surface area contributed by atoms with Gasteiger partial charge in [-0.15, -0.1) is 0 Å². The summed E-state index contributed by atoms with van der Waals surface area (Å²) in [6, 6.07) is 28.5. The third-order valence-electron chi connectivity index (χ3n) is 13.1. The second-order valence-electron chi connectivity index (χ2n) is 20.3. The summed E-state index contributed by atoms with van der Waals surface area (Å²) in [6.07, 6.45) is 15.7. The molecule has 2 atom stereocenters. The van der Waals surface area contributed by atoms with Crippen LogP contribution in [0, 0.1) is 22.7 Å². The molecule has 2 heterocycles. The first kappa shape index (κ1) is 66.5. The van der Waals surface area contributed by atoms with E-state index in [1.165, 1.54) is 17.7 Å². The molecule has 4 aromatic carbocycles. The number of benzene rings is 4. The fourth-order valence-electron chi connectivity index (χ4n) is 8.07. The lowest BCUT2D eigenvalue weighted by Gasteiger charge is -2.12. The van der Waals surface area contributed by atoms with Crippen LogP contribution in [-0.2, 0) is 60.4 Å². The molecule has 2 aliphatic heterocycles. The molecule has 448 valence electrons. The van der Waals surface area contributed by atoms with Gasteiger partial charge in [0.25, 0.3) is 0 Å². The highest BCUT2D eigenvalue weighted by molar-refractivity contribution is 5.92. The highest BCUT2D eigenvalue weighted by atomic mass is 16.6. The van der Waals surface area contributed by atoms with Crippen molar-refractivity contribution in [2.24, 2.45) is 0 Å². The lowest BCUT2D eigenvalue weighted by atomic mass is 10.0. The summed E-state index contributed by atoms with van der Waals surface area (Å²) in [5, 5.41) is 19.4. The Morgan fingerprint density at radius 1 is 0.440 bits per heavy atom.